The van der Waals surface area contributed by atoms with Crippen molar-refractivity contribution in [2.45, 2.75) is 43.6 Å². The average Bonchev–Trinajstić information content (AvgIpc) is 2.64. The highest BCUT2D eigenvalue weighted by Gasteiger charge is 2.32. The number of likely N-dealkylation sites (tertiary alicyclic amines) is 1. The Hall–Kier alpha value is -0.660. The minimum Gasteiger partial charge on any atom is -0.381 e. The first kappa shape index (κ1) is 19.1. The lowest BCUT2D eigenvalue weighted by Crippen LogP contribution is -2.49. The van der Waals surface area contributed by atoms with Crippen LogP contribution in [0.3, 0.4) is 0 Å². The van der Waals surface area contributed by atoms with Crippen LogP contribution in [0, 0.1) is 0 Å². The van der Waals surface area contributed by atoms with Gasteiger partial charge in [0.2, 0.25) is 10.0 Å². The van der Waals surface area contributed by atoms with Crippen molar-refractivity contribution in [1.29, 1.82) is 0 Å². The minimum absolute atomic E-state index is 0.0173. The number of halogens is 1. The molecule has 3 rings (SSSR count). The fourth-order valence-electron chi connectivity index (χ4n) is 3.87. The molecule has 5 nitrogen and oxygen atoms in total. The van der Waals surface area contributed by atoms with Gasteiger partial charge in [-0.15, -0.1) is 0 Å². The van der Waals surface area contributed by atoms with Crippen LogP contribution >= 0.6 is 11.6 Å². The molecule has 1 aromatic rings. The molecule has 2 fully saturated rings. The number of benzene rings is 1. The van der Waals surface area contributed by atoms with Crippen LogP contribution in [0.25, 0.3) is 0 Å². The van der Waals surface area contributed by atoms with Gasteiger partial charge in [0.1, 0.15) is 0 Å². The summed E-state index contributed by atoms with van der Waals surface area (Å²) in [5, 5.41) is 0.516. The minimum atomic E-state index is -3.32. The van der Waals surface area contributed by atoms with Gasteiger partial charge in [0, 0.05) is 44.4 Å². The predicted molar refractivity (Wildman–Crippen MR) is 100 cm³/mol. The van der Waals surface area contributed by atoms with E-state index >= 15 is 0 Å². The maximum absolute atomic E-state index is 12.7. The Labute approximate surface area is 155 Å². The molecule has 0 amide bonds. The third-order valence-electron chi connectivity index (χ3n) is 5.44. The van der Waals surface area contributed by atoms with Gasteiger partial charge in [-0.2, -0.15) is 0 Å². The Bertz CT molecular complexity index is 667. The molecule has 0 atom stereocenters. The molecule has 0 N–H and O–H groups in total. The van der Waals surface area contributed by atoms with Crippen molar-refractivity contribution in [1.82, 2.24) is 9.21 Å². The number of hydrogen-bond donors (Lipinski definition) is 0. The normalized spacial score (nSPS) is 22.3. The standard InChI is InChI=1S/C18H27ClN2O3S/c1-24-17-8-10-20(11-9-17)16-6-12-21(13-7-16)25(22,23)14-15-4-2-3-5-18(15)19/h2-5,16-17H,6-14H2,1H3. The van der Waals surface area contributed by atoms with Crippen molar-refractivity contribution in [3.63, 3.8) is 0 Å². The molecule has 0 saturated carbocycles. The van der Waals surface area contributed by atoms with E-state index in [0.717, 1.165) is 38.8 Å². The number of sulfonamides is 1. The van der Waals surface area contributed by atoms with Gasteiger partial charge in [-0.3, -0.25) is 0 Å². The first-order valence-electron chi connectivity index (χ1n) is 8.97. The van der Waals surface area contributed by atoms with Gasteiger partial charge < -0.3 is 9.64 Å². The molecule has 1 aromatic carbocycles. The van der Waals surface area contributed by atoms with Crippen LogP contribution in [-0.2, 0) is 20.5 Å². The molecular formula is C18H27ClN2O3S. The van der Waals surface area contributed by atoms with E-state index in [9.17, 15) is 8.42 Å². The van der Waals surface area contributed by atoms with Crippen molar-refractivity contribution >= 4 is 21.6 Å². The second-order valence-corrected chi connectivity index (χ2v) is 9.32. The third-order valence-corrected chi connectivity index (χ3v) is 7.64. The van der Waals surface area contributed by atoms with Crippen molar-refractivity contribution in [3.05, 3.63) is 34.9 Å². The Kier molecular flexibility index (Phi) is 6.39. The van der Waals surface area contributed by atoms with E-state index in [1.54, 1.807) is 23.5 Å². The quantitative estimate of drug-likeness (QED) is 0.780. The number of piperidine rings is 2. The van der Waals surface area contributed by atoms with E-state index in [0.29, 0.717) is 35.8 Å². The van der Waals surface area contributed by atoms with E-state index in [4.69, 9.17) is 16.3 Å². The highest BCUT2D eigenvalue weighted by molar-refractivity contribution is 7.88. The van der Waals surface area contributed by atoms with Crippen molar-refractivity contribution < 1.29 is 13.2 Å². The number of nitrogens with zero attached hydrogens (tertiary/aromatic N) is 2. The van der Waals surface area contributed by atoms with Crippen LogP contribution in [0.2, 0.25) is 5.02 Å². The number of ether oxygens (including phenoxy) is 1. The van der Waals surface area contributed by atoms with Crippen LogP contribution in [0.15, 0.2) is 24.3 Å². The second-order valence-electron chi connectivity index (χ2n) is 6.95. The van der Waals surface area contributed by atoms with E-state index in [2.05, 4.69) is 4.90 Å². The molecule has 2 saturated heterocycles. The maximum atomic E-state index is 12.7. The van der Waals surface area contributed by atoms with E-state index < -0.39 is 10.0 Å². The summed E-state index contributed by atoms with van der Waals surface area (Å²) in [7, 11) is -1.53. The first-order valence-corrected chi connectivity index (χ1v) is 11.0. The van der Waals surface area contributed by atoms with Crippen LogP contribution < -0.4 is 0 Å². The Morgan fingerprint density at radius 2 is 1.72 bits per heavy atom. The highest BCUT2D eigenvalue weighted by Crippen LogP contribution is 2.25. The summed E-state index contributed by atoms with van der Waals surface area (Å²) in [6, 6.07) is 7.66. The molecule has 0 spiro atoms. The van der Waals surface area contributed by atoms with Crippen molar-refractivity contribution in [2.75, 3.05) is 33.3 Å². The molecule has 0 radical (unpaired) electrons. The summed E-state index contributed by atoms with van der Waals surface area (Å²) in [5.41, 5.74) is 0.674. The van der Waals surface area contributed by atoms with Gasteiger partial charge in [0.15, 0.2) is 0 Å². The molecule has 0 aliphatic carbocycles. The number of methoxy groups -OCH3 is 1. The molecule has 140 valence electrons. The zero-order valence-corrected chi connectivity index (χ0v) is 16.3. The van der Waals surface area contributed by atoms with Gasteiger partial charge in [0.05, 0.1) is 11.9 Å². The Morgan fingerprint density at radius 3 is 2.32 bits per heavy atom. The summed E-state index contributed by atoms with van der Waals surface area (Å²) in [5.74, 6) is -0.0173. The topological polar surface area (TPSA) is 49.9 Å². The zero-order valence-electron chi connectivity index (χ0n) is 14.7. The van der Waals surface area contributed by atoms with Crippen LogP contribution in [0.1, 0.15) is 31.2 Å². The fraction of sp³-hybridized carbons (Fsp3) is 0.667. The van der Waals surface area contributed by atoms with E-state index in [1.165, 1.54) is 0 Å². The highest BCUT2D eigenvalue weighted by atomic mass is 35.5. The molecule has 7 heteroatoms. The monoisotopic (exact) mass is 386 g/mol. The van der Waals surface area contributed by atoms with Crippen LogP contribution in [0.4, 0.5) is 0 Å². The summed E-state index contributed by atoms with van der Waals surface area (Å²) in [4.78, 5) is 2.51. The molecule has 0 aromatic heterocycles. The Balaban J connectivity index is 1.54. The molecule has 25 heavy (non-hydrogen) atoms. The second kappa shape index (κ2) is 8.35. The molecule has 0 unspecified atom stereocenters. The number of hydrogen-bond acceptors (Lipinski definition) is 4. The lowest BCUT2D eigenvalue weighted by molar-refractivity contribution is 0.0190. The average molecular weight is 387 g/mol. The van der Waals surface area contributed by atoms with Gasteiger partial charge in [-0.05, 0) is 37.3 Å². The van der Waals surface area contributed by atoms with Crippen molar-refractivity contribution in [3.8, 4) is 0 Å². The third kappa shape index (κ3) is 4.74. The maximum Gasteiger partial charge on any atom is 0.218 e. The van der Waals surface area contributed by atoms with Gasteiger partial charge >= 0.3 is 0 Å². The van der Waals surface area contributed by atoms with Gasteiger partial charge in [-0.25, -0.2) is 12.7 Å². The summed E-state index contributed by atoms with van der Waals surface area (Å²) in [6.45, 7) is 3.30. The number of rotatable bonds is 5. The summed E-state index contributed by atoms with van der Waals surface area (Å²) in [6.07, 6.45) is 4.33. The summed E-state index contributed by atoms with van der Waals surface area (Å²) < 4.78 is 32.5. The predicted octanol–water partition coefficient (Wildman–Crippen LogP) is 2.75. The Morgan fingerprint density at radius 1 is 1.08 bits per heavy atom. The zero-order chi connectivity index (χ0) is 17.9. The van der Waals surface area contributed by atoms with E-state index in [-0.39, 0.29) is 5.75 Å². The molecular weight excluding hydrogens is 360 g/mol. The largest absolute Gasteiger partial charge is 0.381 e. The lowest BCUT2D eigenvalue weighted by Gasteiger charge is -2.41. The molecule has 2 aliphatic heterocycles. The lowest BCUT2D eigenvalue weighted by atomic mass is 10.00. The summed E-state index contributed by atoms with van der Waals surface area (Å²) >= 11 is 6.12. The first-order chi connectivity index (χ1) is 12.0. The van der Waals surface area contributed by atoms with E-state index in [1.807, 2.05) is 12.1 Å². The van der Waals surface area contributed by atoms with Crippen LogP contribution in [0.5, 0.6) is 0 Å². The van der Waals surface area contributed by atoms with Crippen LogP contribution in [-0.4, -0.2) is 63.1 Å². The van der Waals surface area contributed by atoms with Gasteiger partial charge in [-0.1, -0.05) is 29.8 Å². The van der Waals surface area contributed by atoms with Crippen molar-refractivity contribution in [2.24, 2.45) is 0 Å². The fourth-order valence-corrected chi connectivity index (χ4v) is 5.74. The van der Waals surface area contributed by atoms with Gasteiger partial charge in [0.25, 0.3) is 0 Å². The smallest absolute Gasteiger partial charge is 0.218 e. The SMILES string of the molecule is COC1CCN(C2CCN(S(=O)(=O)Cc3ccccc3Cl)CC2)CC1. The molecule has 0 bridgehead atoms. The molecule has 2 heterocycles. The molecule has 2 aliphatic rings.